The van der Waals surface area contributed by atoms with E-state index in [1.54, 1.807) is 0 Å². The van der Waals surface area contributed by atoms with Gasteiger partial charge in [0.1, 0.15) is 5.82 Å². The number of halogens is 1. The van der Waals surface area contributed by atoms with Crippen LogP contribution in [0.1, 0.15) is 10.4 Å². The summed E-state index contributed by atoms with van der Waals surface area (Å²) >= 11 is 1.32. The van der Waals surface area contributed by atoms with Crippen molar-refractivity contribution in [1.29, 1.82) is 0 Å². The van der Waals surface area contributed by atoms with Crippen LogP contribution >= 0.6 is 11.8 Å². The number of carbonyl (C=O) groups excluding carboxylic acids is 1. The molecule has 0 unspecified atom stereocenters. The number of nitrogens with zero attached hydrogens (tertiary/aromatic N) is 4. The van der Waals surface area contributed by atoms with Crippen LogP contribution in [0.2, 0.25) is 0 Å². The number of rotatable bonds is 6. The highest BCUT2D eigenvalue weighted by Gasteiger charge is 2.22. The van der Waals surface area contributed by atoms with Crippen molar-refractivity contribution in [3.05, 3.63) is 66.0 Å². The van der Waals surface area contributed by atoms with Gasteiger partial charge in [-0.3, -0.25) is 9.36 Å². The van der Waals surface area contributed by atoms with Gasteiger partial charge in [-0.1, -0.05) is 30.0 Å². The Balaban J connectivity index is 1.58. The summed E-state index contributed by atoms with van der Waals surface area (Å²) in [5, 5.41) is 9.35. The van der Waals surface area contributed by atoms with E-state index in [0.717, 1.165) is 24.7 Å². The van der Waals surface area contributed by atoms with Crippen LogP contribution in [-0.2, 0) is 4.74 Å². The monoisotopic (exact) mass is 398 g/mol. The molecule has 0 amide bonds. The number of carbonyl (C=O) groups is 1. The SMILES string of the molecule is O=C(CSc1nnc(N2CCOCC2)n1-c1ccccc1)c1ccc(F)cc1. The van der Waals surface area contributed by atoms with Gasteiger partial charge in [-0.25, -0.2) is 4.39 Å². The van der Waals surface area contributed by atoms with Crippen LogP contribution < -0.4 is 4.90 Å². The summed E-state index contributed by atoms with van der Waals surface area (Å²) in [6, 6.07) is 15.4. The lowest BCUT2D eigenvalue weighted by molar-refractivity contribution is 0.102. The predicted molar refractivity (Wildman–Crippen MR) is 106 cm³/mol. The first-order valence-electron chi connectivity index (χ1n) is 8.97. The third-order valence-electron chi connectivity index (χ3n) is 4.42. The van der Waals surface area contributed by atoms with Crippen LogP contribution in [-0.4, -0.2) is 52.6 Å². The molecule has 0 atom stereocenters. The molecule has 0 bridgehead atoms. The number of ketones is 1. The molecule has 1 fully saturated rings. The molecule has 1 aliphatic rings. The van der Waals surface area contributed by atoms with Crippen molar-refractivity contribution in [3.63, 3.8) is 0 Å². The maximum atomic E-state index is 13.1. The van der Waals surface area contributed by atoms with Gasteiger partial charge in [0.2, 0.25) is 5.95 Å². The fraction of sp³-hybridized carbons (Fsp3) is 0.250. The Hall–Kier alpha value is -2.71. The number of thioether (sulfide) groups is 1. The topological polar surface area (TPSA) is 60.3 Å². The van der Waals surface area contributed by atoms with Crippen LogP contribution in [0, 0.1) is 5.82 Å². The average molecular weight is 398 g/mol. The molecule has 6 nitrogen and oxygen atoms in total. The van der Waals surface area contributed by atoms with Crippen LogP contribution in [0.5, 0.6) is 0 Å². The van der Waals surface area contributed by atoms with Crippen LogP contribution in [0.4, 0.5) is 10.3 Å². The van der Waals surface area contributed by atoms with Crippen LogP contribution in [0.25, 0.3) is 5.69 Å². The van der Waals surface area contributed by atoms with Gasteiger partial charge in [0.05, 0.1) is 24.7 Å². The zero-order valence-corrected chi connectivity index (χ0v) is 15.9. The lowest BCUT2D eigenvalue weighted by Crippen LogP contribution is -2.37. The summed E-state index contributed by atoms with van der Waals surface area (Å²) in [7, 11) is 0. The summed E-state index contributed by atoms with van der Waals surface area (Å²) in [6.45, 7) is 2.77. The molecule has 4 rings (SSSR count). The minimum atomic E-state index is -0.358. The van der Waals surface area contributed by atoms with Gasteiger partial charge in [-0.2, -0.15) is 0 Å². The second-order valence-electron chi connectivity index (χ2n) is 6.27. The number of anilines is 1. The van der Waals surface area contributed by atoms with Gasteiger partial charge in [-0.15, -0.1) is 10.2 Å². The summed E-state index contributed by atoms with van der Waals surface area (Å²) in [6.07, 6.45) is 0. The number of Topliss-reactive ketones (excluding diaryl/α,β-unsaturated/α-hetero) is 1. The number of aromatic nitrogens is 3. The van der Waals surface area contributed by atoms with E-state index in [2.05, 4.69) is 15.1 Å². The number of hydrogen-bond acceptors (Lipinski definition) is 6. The minimum Gasteiger partial charge on any atom is -0.378 e. The third kappa shape index (κ3) is 4.07. The molecular formula is C20H19FN4O2S. The Morgan fingerprint density at radius 2 is 1.75 bits per heavy atom. The molecule has 1 aromatic heterocycles. The Kier molecular flexibility index (Phi) is 5.68. The van der Waals surface area contributed by atoms with Crippen molar-refractivity contribution in [2.45, 2.75) is 5.16 Å². The summed E-state index contributed by atoms with van der Waals surface area (Å²) < 4.78 is 20.5. The van der Waals surface area contributed by atoms with E-state index in [9.17, 15) is 9.18 Å². The smallest absolute Gasteiger partial charge is 0.232 e. The van der Waals surface area contributed by atoms with E-state index < -0.39 is 0 Å². The Morgan fingerprint density at radius 3 is 2.46 bits per heavy atom. The number of hydrogen-bond donors (Lipinski definition) is 0. The van der Waals surface area contributed by atoms with Crippen molar-refractivity contribution < 1.29 is 13.9 Å². The van der Waals surface area contributed by atoms with E-state index in [0.29, 0.717) is 23.9 Å². The van der Waals surface area contributed by atoms with Crippen molar-refractivity contribution in [2.75, 3.05) is 37.0 Å². The molecule has 2 heterocycles. The first-order chi connectivity index (χ1) is 13.7. The lowest BCUT2D eigenvalue weighted by Gasteiger charge is -2.27. The second-order valence-corrected chi connectivity index (χ2v) is 7.21. The summed E-state index contributed by atoms with van der Waals surface area (Å²) in [4.78, 5) is 14.6. The van der Waals surface area contributed by atoms with Gasteiger partial charge < -0.3 is 9.64 Å². The summed E-state index contributed by atoms with van der Waals surface area (Å²) in [5.74, 6) is 0.495. The Morgan fingerprint density at radius 1 is 1.04 bits per heavy atom. The van der Waals surface area contributed by atoms with Gasteiger partial charge in [-0.05, 0) is 36.4 Å². The van der Waals surface area contributed by atoms with Gasteiger partial charge in [0.25, 0.3) is 0 Å². The third-order valence-corrected chi connectivity index (χ3v) is 5.35. The molecule has 1 saturated heterocycles. The molecule has 28 heavy (non-hydrogen) atoms. The molecule has 2 aromatic carbocycles. The molecule has 0 radical (unpaired) electrons. The highest BCUT2D eigenvalue weighted by molar-refractivity contribution is 7.99. The molecular weight excluding hydrogens is 379 g/mol. The molecule has 0 aliphatic carbocycles. The van der Waals surface area contributed by atoms with E-state index in [1.807, 2.05) is 34.9 Å². The minimum absolute atomic E-state index is 0.0828. The van der Waals surface area contributed by atoms with E-state index in [4.69, 9.17) is 4.74 Å². The maximum absolute atomic E-state index is 13.1. The Bertz CT molecular complexity index is 941. The number of para-hydroxylation sites is 1. The Labute approximate surface area is 166 Å². The molecule has 1 aliphatic heterocycles. The first-order valence-corrected chi connectivity index (χ1v) is 9.96. The van der Waals surface area contributed by atoms with Crippen LogP contribution in [0.3, 0.4) is 0 Å². The highest BCUT2D eigenvalue weighted by atomic mass is 32.2. The average Bonchev–Trinajstić information content (AvgIpc) is 3.18. The van der Waals surface area contributed by atoms with Gasteiger partial charge in [0.15, 0.2) is 10.9 Å². The molecule has 3 aromatic rings. The van der Waals surface area contributed by atoms with E-state index in [1.165, 1.54) is 36.0 Å². The molecule has 0 N–H and O–H groups in total. The van der Waals surface area contributed by atoms with Crippen molar-refractivity contribution in [3.8, 4) is 5.69 Å². The molecule has 8 heteroatoms. The first kappa shape index (κ1) is 18.6. The maximum Gasteiger partial charge on any atom is 0.232 e. The largest absolute Gasteiger partial charge is 0.378 e. The number of benzene rings is 2. The summed E-state index contributed by atoms with van der Waals surface area (Å²) in [5.41, 5.74) is 1.42. The van der Waals surface area contributed by atoms with E-state index in [-0.39, 0.29) is 17.4 Å². The number of morpholine rings is 1. The fourth-order valence-corrected chi connectivity index (χ4v) is 3.82. The standard InChI is InChI=1S/C20H19FN4O2S/c21-16-8-6-15(7-9-16)18(26)14-28-20-23-22-19(24-10-12-27-13-11-24)25(20)17-4-2-1-3-5-17/h1-9H,10-14H2. The number of ether oxygens (including phenoxy) is 1. The predicted octanol–water partition coefficient (Wildman–Crippen LogP) is 3.22. The second kappa shape index (κ2) is 8.53. The van der Waals surface area contributed by atoms with Gasteiger partial charge in [0, 0.05) is 18.7 Å². The normalized spacial score (nSPS) is 14.2. The zero-order valence-electron chi connectivity index (χ0n) is 15.1. The molecule has 0 saturated carbocycles. The van der Waals surface area contributed by atoms with Crippen molar-refractivity contribution in [1.82, 2.24) is 14.8 Å². The van der Waals surface area contributed by atoms with Crippen LogP contribution in [0.15, 0.2) is 59.8 Å². The van der Waals surface area contributed by atoms with Crippen molar-refractivity contribution in [2.24, 2.45) is 0 Å². The zero-order chi connectivity index (χ0) is 19.3. The fourth-order valence-electron chi connectivity index (χ4n) is 2.98. The van der Waals surface area contributed by atoms with Gasteiger partial charge >= 0.3 is 0 Å². The quantitative estimate of drug-likeness (QED) is 0.469. The molecule has 144 valence electrons. The molecule has 0 spiro atoms. The van der Waals surface area contributed by atoms with E-state index >= 15 is 0 Å². The lowest BCUT2D eigenvalue weighted by atomic mass is 10.1. The van der Waals surface area contributed by atoms with Crippen molar-refractivity contribution >= 4 is 23.5 Å². The highest BCUT2D eigenvalue weighted by Crippen LogP contribution is 2.27.